The van der Waals surface area contributed by atoms with Crippen molar-refractivity contribution >= 4 is 28.3 Å². The van der Waals surface area contributed by atoms with Gasteiger partial charge in [0.05, 0.1) is 5.75 Å². The van der Waals surface area contributed by atoms with Crippen LogP contribution in [-0.2, 0) is 20.6 Å². The van der Waals surface area contributed by atoms with Crippen LogP contribution in [0, 0.1) is 5.82 Å². The molecule has 40 heavy (non-hydrogen) atoms. The van der Waals surface area contributed by atoms with Crippen molar-refractivity contribution in [2.24, 2.45) is 4.99 Å². The predicted molar refractivity (Wildman–Crippen MR) is 143 cm³/mol. The van der Waals surface area contributed by atoms with Gasteiger partial charge in [-0.3, -0.25) is 13.3 Å². The zero-order valence-electron chi connectivity index (χ0n) is 22.5. The summed E-state index contributed by atoms with van der Waals surface area (Å²) in [4.78, 5) is 32.6. The smallest absolute Gasteiger partial charge is 0.424 e. The minimum absolute atomic E-state index is 0.0479. The van der Waals surface area contributed by atoms with Crippen LogP contribution in [0.3, 0.4) is 0 Å². The van der Waals surface area contributed by atoms with E-state index in [4.69, 9.17) is 4.74 Å². The number of fused-ring (bicyclic) bond motifs is 1. The van der Waals surface area contributed by atoms with Crippen molar-refractivity contribution in [3.63, 3.8) is 0 Å². The number of ether oxygens (including phenoxy) is 1. The Morgan fingerprint density at radius 1 is 1.10 bits per heavy atom. The van der Waals surface area contributed by atoms with E-state index in [0.717, 1.165) is 10.4 Å². The second kappa shape index (κ2) is 10.6. The van der Waals surface area contributed by atoms with E-state index in [2.05, 4.69) is 9.71 Å². The molecule has 4 rings (SSSR count). The molecule has 218 valence electrons. The summed E-state index contributed by atoms with van der Waals surface area (Å²) < 4.78 is 80.3. The van der Waals surface area contributed by atoms with Gasteiger partial charge in [0, 0.05) is 28.0 Å². The summed E-state index contributed by atoms with van der Waals surface area (Å²) in [5.74, 6) is -2.61. The van der Waals surface area contributed by atoms with E-state index in [1.165, 1.54) is 37.3 Å². The second-order valence-electron chi connectivity index (χ2n) is 11.0. The molecule has 2 aliphatic rings. The van der Waals surface area contributed by atoms with Crippen molar-refractivity contribution in [3.8, 4) is 0 Å². The van der Waals surface area contributed by atoms with Gasteiger partial charge in [-0.05, 0) is 58.7 Å². The van der Waals surface area contributed by atoms with Crippen LogP contribution in [0.25, 0.3) is 0 Å². The van der Waals surface area contributed by atoms with E-state index >= 15 is 4.39 Å². The maximum absolute atomic E-state index is 15.1. The molecule has 2 heterocycles. The van der Waals surface area contributed by atoms with Gasteiger partial charge in [0.2, 0.25) is 5.96 Å². The minimum Gasteiger partial charge on any atom is -0.443 e. The first-order chi connectivity index (χ1) is 18.5. The van der Waals surface area contributed by atoms with Crippen molar-refractivity contribution in [2.75, 3.05) is 12.3 Å². The zero-order valence-corrected chi connectivity index (χ0v) is 23.4. The van der Waals surface area contributed by atoms with Crippen molar-refractivity contribution in [1.82, 2.24) is 13.9 Å². The van der Waals surface area contributed by atoms with Crippen molar-refractivity contribution < 1.29 is 36.1 Å². The van der Waals surface area contributed by atoms with Crippen LogP contribution in [0.15, 0.2) is 59.6 Å². The van der Waals surface area contributed by atoms with Gasteiger partial charge in [0.1, 0.15) is 23.0 Å². The Labute approximate surface area is 231 Å². The summed E-state index contributed by atoms with van der Waals surface area (Å²) >= 11 is 0. The number of thiol groups is 1. The third kappa shape index (κ3) is 6.04. The fourth-order valence-electron chi connectivity index (χ4n) is 4.81. The molecule has 0 unspecified atom stereocenters. The molecule has 0 radical (unpaired) electrons. The van der Waals surface area contributed by atoms with Gasteiger partial charge in [-0.15, -0.1) is 0 Å². The van der Waals surface area contributed by atoms with Gasteiger partial charge in [0.15, 0.2) is 0 Å². The first-order valence-electron chi connectivity index (χ1n) is 12.7. The number of carbonyl (C=O) groups is 2. The second-order valence-corrected chi connectivity index (χ2v) is 13.5. The zero-order chi connectivity index (χ0) is 29.5. The normalized spacial score (nSPS) is 23.8. The largest absolute Gasteiger partial charge is 0.443 e. The molecule has 0 saturated carbocycles. The van der Waals surface area contributed by atoms with Gasteiger partial charge in [-0.2, -0.15) is 18.1 Å². The molecule has 1 fully saturated rings. The number of hydrogen-bond donors (Lipinski definition) is 2. The average Bonchev–Trinajstić information content (AvgIpc) is 3.02. The van der Waals surface area contributed by atoms with E-state index in [9.17, 15) is 27.0 Å². The lowest BCUT2D eigenvalue weighted by molar-refractivity contribution is -0.152. The highest BCUT2D eigenvalue weighted by Gasteiger charge is 2.52. The highest BCUT2D eigenvalue weighted by atomic mass is 32.3. The van der Waals surface area contributed by atoms with Crippen LogP contribution in [0.4, 0.5) is 22.4 Å². The topological polar surface area (TPSA) is 91.3 Å². The van der Waals surface area contributed by atoms with Gasteiger partial charge >= 0.3 is 12.3 Å². The number of carbonyl (C=O) groups excluding carboxylic acids is 2. The van der Waals surface area contributed by atoms with E-state index < -0.39 is 69.6 Å². The van der Waals surface area contributed by atoms with Crippen LogP contribution in [-0.4, -0.2) is 61.5 Å². The molecule has 2 amide bonds. The summed E-state index contributed by atoms with van der Waals surface area (Å²) in [6, 6.07) is 11.0. The van der Waals surface area contributed by atoms with Gasteiger partial charge in [-0.1, -0.05) is 36.4 Å². The number of rotatable bonds is 2. The Balaban J connectivity index is 1.96. The van der Waals surface area contributed by atoms with Crippen molar-refractivity contribution in [3.05, 3.63) is 71.5 Å². The molecule has 2 aromatic carbocycles. The molecule has 0 bridgehead atoms. The van der Waals surface area contributed by atoms with E-state index in [1.807, 2.05) is 0 Å². The fraction of sp³-hybridized carbons (Fsp3) is 0.444. The predicted octanol–water partition coefficient (Wildman–Crippen LogP) is 4.95. The lowest BCUT2D eigenvalue weighted by Crippen LogP contribution is -2.65. The number of imide groups is 1. The molecule has 2 atom stereocenters. The Morgan fingerprint density at radius 2 is 1.73 bits per heavy atom. The molecule has 1 N–H and O–H groups in total. The molecule has 0 aliphatic carbocycles. The first-order valence-corrected chi connectivity index (χ1v) is 14.6. The monoisotopic (exact) mass is 584 g/mol. The Hall–Kier alpha value is -3.32. The number of amides is 2. The molecule has 2 aliphatic heterocycles. The Kier molecular flexibility index (Phi) is 7.85. The third-order valence-electron chi connectivity index (χ3n) is 6.56. The van der Waals surface area contributed by atoms with Crippen LogP contribution in [0.1, 0.15) is 56.5 Å². The third-order valence-corrected chi connectivity index (χ3v) is 9.48. The molecule has 13 heteroatoms. The van der Waals surface area contributed by atoms with Crippen LogP contribution < -0.4 is 4.72 Å². The maximum Gasteiger partial charge on any atom is 0.424 e. The standard InChI is InChI=1S/C27H32F4N4O4S/c1-25(2,3)39-24(37)35(22(36)18-11-6-5-7-12-18)23-32-26(4,19-13-8-9-14-20(19)28)17-40(38)33-21(27(29,30)31)15-10-16-34(23)40/h5-9,11-14,21,40H,10,15-17H2,1-4H3,(H,33,38)/t21-,26-/m0/s1. The van der Waals surface area contributed by atoms with Crippen LogP contribution >= 0.6 is 0 Å². The van der Waals surface area contributed by atoms with E-state index in [-0.39, 0.29) is 24.1 Å². The summed E-state index contributed by atoms with van der Waals surface area (Å²) in [7, 11) is -4.29. The number of nitrogens with zero attached hydrogens (tertiary/aromatic N) is 3. The summed E-state index contributed by atoms with van der Waals surface area (Å²) in [6.07, 6.45) is -6.35. The SMILES string of the molecule is CC(C)(C)OC(=O)N(C(=O)c1ccccc1)C1=N[C@](C)(c2ccccc2F)C[SH]2(=O)N[C@H](C(F)(F)F)CCCN12. The molecule has 0 aromatic heterocycles. The number of hydrogen-bond acceptors (Lipinski definition) is 5. The number of benzene rings is 2. The Morgan fingerprint density at radius 3 is 2.33 bits per heavy atom. The molecule has 0 spiro atoms. The van der Waals surface area contributed by atoms with Crippen molar-refractivity contribution in [1.29, 1.82) is 0 Å². The Bertz CT molecular complexity index is 1360. The first kappa shape index (κ1) is 29.7. The summed E-state index contributed by atoms with van der Waals surface area (Å²) in [5, 5.41) is 0. The van der Waals surface area contributed by atoms with Gasteiger partial charge < -0.3 is 4.74 Å². The number of halogens is 4. The molecule has 8 nitrogen and oxygen atoms in total. The number of guanidine groups is 1. The molecule has 1 saturated heterocycles. The molecular weight excluding hydrogens is 552 g/mol. The van der Waals surface area contributed by atoms with Crippen LogP contribution in [0.5, 0.6) is 0 Å². The summed E-state index contributed by atoms with van der Waals surface area (Å²) in [6.45, 7) is 5.94. The highest BCUT2D eigenvalue weighted by Crippen LogP contribution is 2.40. The lowest BCUT2D eigenvalue weighted by Gasteiger charge is -2.48. The minimum atomic E-state index is -4.72. The van der Waals surface area contributed by atoms with Gasteiger partial charge in [-0.25, -0.2) is 18.9 Å². The quantitative estimate of drug-likeness (QED) is 0.386. The van der Waals surface area contributed by atoms with Gasteiger partial charge in [0.25, 0.3) is 5.91 Å². The molecule has 2 aromatic rings. The maximum atomic E-state index is 15.1. The number of alkyl halides is 3. The van der Waals surface area contributed by atoms with E-state index in [1.54, 1.807) is 39.0 Å². The highest BCUT2D eigenvalue weighted by molar-refractivity contribution is 7.99. The molecular formula is C27H32F4N4O4S. The number of aliphatic imine (C=N–C) groups is 1. The van der Waals surface area contributed by atoms with E-state index in [0.29, 0.717) is 4.90 Å². The van der Waals surface area contributed by atoms with Crippen molar-refractivity contribution in [2.45, 2.75) is 63.9 Å². The summed E-state index contributed by atoms with van der Waals surface area (Å²) in [5.41, 5.74) is -2.77. The lowest BCUT2D eigenvalue weighted by atomic mass is 9.94. The fourth-order valence-corrected chi connectivity index (χ4v) is 7.94. The van der Waals surface area contributed by atoms with Crippen LogP contribution in [0.2, 0.25) is 0 Å². The number of nitrogens with one attached hydrogen (secondary N) is 1. The average molecular weight is 585 g/mol.